The molecule has 1 fully saturated rings. The summed E-state index contributed by atoms with van der Waals surface area (Å²) in [5, 5.41) is 11.2. The maximum atomic E-state index is 10.4. The molecule has 1 aromatic heterocycles. The fourth-order valence-corrected chi connectivity index (χ4v) is 4.44. The average molecular weight is 365 g/mol. The summed E-state index contributed by atoms with van der Waals surface area (Å²) in [6.45, 7) is 3.26. The number of aliphatic hydroxyl groups is 1. The number of hydrogen-bond acceptors (Lipinski definition) is 4. The lowest BCUT2D eigenvalue weighted by Gasteiger charge is -2.30. The molecule has 134 valence electrons. The molecule has 1 unspecified atom stereocenters. The van der Waals surface area contributed by atoms with E-state index in [-0.39, 0.29) is 0 Å². The number of aliphatic hydroxyl groups excluding tert-OH is 1. The predicted molar refractivity (Wildman–Crippen MR) is 108 cm³/mol. The van der Waals surface area contributed by atoms with Crippen LogP contribution in [0.15, 0.2) is 66.7 Å². The second-order valence-electron chi connectivity index (χ2n) is 6.95. The number of benzene rings is 2. The van der Waals surface area contributed by atoms with Crippen molar-refractivity contribution in [3.8, 4) is 0 Å². The number of para-hydroxylation sites is 1. The number of fused-ring (bicyclic) bond motifs is 1. The van der Waals surface area contributed by atoms with Crippen molar-refractivity contribution in [2.75, 3.05) is 13.1 Å². The second-order valence-corrected chi connectivity index (χ2v) is 8.01. The van der Waals surface area contributed by atoms with E-state index < -0.39 is 6.10 Å². The largest absolute Gasteiger partial charge is 0.382 e. The third kappa shape index (κ3) is 4.21. The zero-order chi connectivity index (χ0) is 17.8. The first-order chi connectivity index (χ1) is 12.8. The van der Waals surface area contributed by atoms with Gasteiger partial charge in [0, 0.05) is 6.54 Å². The molecule has 1 atom stereocenters. The number of aromatic nitrogens is 1. The van der Waals surface area contributed by atoms with Gasteiger partial charge in [0.05, 0.1) is 10.2 Å². The van der Waals surface area contributed by atoms with Gasteiger partial charge in [-0.3, -0.25) is 4.90 Å². The van der Waals surface area contributed by atoms with Gasteiger partial charge in [-0.05, 0) is 49.5 Å². The first-order valence-corrected chi connectivity index (χ1v) is 10.1. The van der Waals surface area contributed by atoms with Crippen LogP contribution in [0.5, 0.6) is 0 Å². The van der Waals surface area contributed by atoms with Crippen molar-refractivity contribution in [2.45, 2.75) is 25.5 Å². The molecule has 3 nitrogen and oxygen atoms in total. The van der Waals surface area contributed by atoms with Crippen LogP contribution < -0.4 is 0 Å². The fraction of sp³-hybridized carbons (Fsp3) is 0.318. The molecule has 0 aliphatic carbocycles. The molecular weight excluding hydrogens is 340 g/mol. The van der Waals surface area contributed by atoms with Crippen LogP contribution in [0.25, 0.3) is 10.2 Å². The zero-order valence-electron chi connectivity index (χ0n) is 14.8. The highest BCUT2D eigenvalue weighted by molar-refractivity contribution is 7.18. The first-order valence-electron chi connectivity index (χ1n) is 9.26. The molecule has 0 spiro atoms. The molecule has 2 heterocycles. The van der Waals surface area contributed by atoms with Crippen LogP contribution in [0, 0.1) is 5.92 Å². The Labute approximate surface area is 158 Å². The highest BCUT2D eigenvalue weighted by Gasteiger charge is 2.18. The number of nitrogens with zero attached hydrogens (tertiary/aromatic N) is 2. The maximum Gasteiger partial charge on any atom is 0.126 e. The first kappa shape index (κ1) is 17.4. The topological polar surface area (TPSA) is 36.4 Å². The van der Waals surface area contributed by atoms with Crippen molar-refractivity contribution in [3.63, 3.8) is 0 Å². The molecule has 0 bridgehead atoms. The minimum Gasteiger partial charge on any atom is -0.382 e. The molecule has 0 radical (unpaired) electrons. The lowest BCUT2D eigenvalue weighted by atomic mass is 9.95. The molecule has 4 heteroatoms. The summed E-state index contributed by atoms with van der Waals surface area (Å²) in [7, 11) is 0. The molecule has 1 saturated heterocycles. The lowest BCUT2D eigenvalue weighted by Crippen LogP contribution is -2.32. The van der Waals surface area contributed by atoms with E-state index in [0.29, 0.717) is 5.92 Å². The van der Waals surface area contributed by atoms with Crippen molar-refractivity contribution in [1.29, 1.82) is 0 Å². The third-order valence-corrected chi connectivity index (χ3v) is 6.12. The molecule has 3 aromatic rings. The van der Waals surface area contributed by atoms with E-state index in [0.717, 1.165) is 47.7 Å². The van der Waals surface area contributed by atoms with E-state index in [1.54, 1.807) is 11.3 Å². The Morgan fingerprint density at radius 1 is 1.08 bits per heavy atom. The number of thiazole rings is 1. The standard InChI is InChI=1S/C22H24N2OS/c25-20(22-23-19-8-4-5-9-21(19)26-22)11-10-17-12-14-24(15-13-17)16-18-6-2-1-3-7-18/h1-11,17,20,25H,12-16H2/b11-10+. The maximum absolute atomic E-state index is 10.4. The summed E-state index contributed by atoms with van der Waals surface area (Å²) in [5.74, 6) is 0.547. The van der Waals surface area contributed by atoms with Gasteiger partial charge in [-0.1, -0.05) is 54.6 Å². The van der Waals surface area contributed by atoms with Crippen LogP contribution in [0.2, 0.25) is 0 Å². The van der Waals surface area contributed by atoms with Gasteiger partial charge in [-0.15, -0.1) is 11.3 Å². The minimum absolute atomic E-state index is 0.547. The van der Waals surface area contributed by atoms with Gasteiger partial charge >= 0.3 is 0 Å². The summed E-state index contributed by atoms with van der Waals surface area (Å²) in [6, 6.07) is 18.7. The molecule has 0 saturated carbocycles. The predicted octanol–water partition coefficient (Wildman–Crippen LogP) is 4.80. The van der Waals surface area contributed by atoms with Gasteiger partial charge in [-0.25, -0.2) is 4.98 Å². The van der Waals surface area contributed by atoms with Gasteiger partial charge < -0.3 is 5.11 Å². The summed E-state index contributed by atoms with van der Waals surface area (Å²) in [4.78, 5) is 7.06. The molecule has 1 aliphatic heterocycles. The van der Waals surface area contributed by atoms with Crippen molar-refractivity contribution in [3.05, 3.63) is 77.3 Å². The average Bonchev–Trinajstić information content (AvgIpc) is 3.12. The van der Waals surface area contributed by atoms with E-state index in [2.05, 4.69) is 52.4 Å². The zero-order valence-corrected chi connectivity index (χ0v) is 15.6. The van der Waals surface area contributed by atoms with E-state index in [9.17, 15) is 5.11 Å². The summed E-state index contributed by atoms with van der Waals surface area (Å²) >= 11 is 1.57. The number of rotatable bonds is 5. The van der Waals surface area contributed by atoms with Crippen molar-refractivity contribution >= 4 is 21.6 Å². The summed E-state index contributed by atoms with van der Waals surface area (Å²) in [5.41, 5.74) is 2.35. The number of hydrogen-bond donors (Lipinski definition) is 1. The smallest absolute Gasteiger partial charge is 0.126 e. The molecular formula is C22H24N2OS. The fourth-order valence-electron chi connectivity index (χ4n) is 3.51. The highest BCUT2D eigenvalue weighted by Crippen LogP contribution is 2.28. The van der Waals surface area contributed by atoms with Crippen molar-refractivity contribution in [1.82, 2.24) is 9.88 Å². The number of allylic oxidation sites excluding steroid dienone is 1. The molecule has 2 aromatic carbocycles. The monoisotopic (exact) mass is 364 g/mol. The molecule has 4 rings (SSSR count). The Kier molecular flexibility index (Phi) is 5.44. The van der Waals surface area contributed by atoms with Gasteiger partial charge in [0.25, 0.3) is 0 Å². The van der Waals surface area contributed by atoms with E-state index in [1.165, 1.54) is 5.56 Å². The second kappa shape index (κ2) is 8.12. The Morgan fingerprint density at radius 3 is 2.58 bits per heavy atom. The SMILES string of the molecule is OC(/C=C/C1CCN(Cc2ccccc2)CC1)c1nc2ccccc2s1. The van der Waals surface area contributed by atoms with Crippen LogP contribution >= 0.6 is 11.3 Å². The quantitative estimate of drug-likeness (QED) is 0.661. The van der Waals surface area contributed by atoms with Gasteiger partial charge in [0.2, 0.25) is 0 Å². The van der Waals surface area contributed by atoms with Crippen LogP contribution in [-0.2, 0) is 6.54 Å². The van der Waals surface area contributed by atoms with E-state index in [1.807, 2.05) is 24.3 Å². The Morgan fingerprint density at radius 2 is 1.81 bits per heavy atom. The lowest BCUT2D eigenvalue weighted by molar-refractivity contribution is 0.193. The minimum atomic E-state index is -0.602. The Bertz CT molecular complexity index is 833. The van der Waals surface area contributed by atoms with Gasteiger partial charge in [-0.2, -0.15) is 0 Å². The summed E-state index contributed by atoms with van der Waals surface area (Å²) in [6.07, 6.45) is 5.81. The van der Waals surface area contributed by atoms with Gasteiger partial charge in [0.1, 0.15) is 11.1 Å². The molecule has 0 amide bonds. The number of likely N-dealkylation sites (tertiary alicyclic amines) is 1. The molecule has 1 N–H and O–H groups in total. The van der Waals surface area contributed by atoms with Crippen LogP contribution in [0.3, 0.4) is 0 Å². The van der Waals surface area contributed by atoms with Crippen LogP contribution in [0.1, 0.15) is 29.5 Å². The Balaban J connectivity index is 1.30. The molecule has 1 aliphatic rings. The highest BCUT2D eigenvalue weighted by atomic mass is 32.1. The van der Waals surface area contributed by atoms with E-state index in [4.69, 9.17) is 0 Å². The van der Waals surface area contributed by atoms with E-state index >= 15 is 0 Å². The molecule has 26 heavy (non-hydrogen) atoms. The Hall–Kier alpha value is -2.01. The van der Waals surface area contributed by atoms with Crippen LogP contribution in [0.4, 0.5) is 0 Å². The van der Waals surface area contributed by atoms with Crippen molar-refractivity contribution in [2.24, 2.45) is 5.92 Å². The van der Waals surface area contributed by atoms with Crippen molar-refractivity contribution < 1.29 is 5.11 Å². The normalized spacial score (nSPS) is 17.9. The summed E-state index contributed by atoms with van der Waals surface area (Å²) < 4.78 is 1.13. The third-order valence-electron chi connectivity index (χ3n) is 5.01. The van der Waals surface area contributed by atoms with Crippen LogP contribution in [-0.4, -0.2) is 28.1 Å². The number of piperidine rings is 1. The van der Waals surface area contributed by atoms with Gasteiger partial charge in [0.15, 0.2) is 0 Å².